The third kappa shape index (κ3) is 3.18. The lowest BCUT2D eigenvalue weighted by Crippen LogP contribution is -2.26. The summed E-state index contributed by atoms with van der Waals surface area (Å²) < 4.78 is 17.6. The molecule has 0 saturated heterocycles. The van der Waals surface area contributed by atoms with Gasteiger partial charge in [-0.3, -0.25) is 4.79 Å². The first-order chi connectivity index (χ1) is 8.06. The number of halogens is 1. The summed E-state index contributed by atoms with van der Waals surface area (Å²) in [7, 11) is -2.12. The van der Waals surface area contributed by atoms with Gasteiger partial charge < -0.3 is 20.0 Å². The van der Waals surface area contributed by atoms with Crippen LogP contribution in [0.25, 0.3) is 0 Å². The Morgan fingerprint density at radius 3 is 2.76 bits per heavy atom. The molecule has 0 bridgehead atoms. The van der Waals surface area contributed by atoms with Crippen molar-refractivity contribution in [3.63, 3.8) is 0 Å². The number of amides is 1. The molecule has 0 spiro atoms. The second kappa shape index (κ2) is 4.73. The van der Waals surface area contributed by atoms with Crippen molar-refractivity contribution in [3.05, 3.63) is 29.6 Å². The van der Waals surface area contributed by atoms with Gasteiger partial charge in [-0.25, -0.2) is 4.39 Å². The summed E-state index contributed by atoms with van der Waals surface area (Å²) in [6, 6.07) is 3.68. The van der Waals surface area contributed by atoms with Gasteiger partial charge >= 0.3 is 7.32 Å². The molecule has 1 fully saturated rings. The van der Waals surface area contributed by atoms with Gasteiger partial charge in [0.15, 0.2) is 5.82 Å². The molecule has 1 aromatic rings. The van der Waals surface area contributed by atoms with E-state index < -0.39 is 13.1 Å². The molecular weight excluding hydrogens is 228 g/mol. The average Bonchev–Trinajstić information content (AvgIpc) is 3.04. The summed E-state index contributed by atoms with van der Waals surface area (Å²) in [6.07, 6.45) is 1.90. The zero-order chi connectivity index (χ0) is 12.4. The molecule has 5 nitrogen and oxygen atoms in total. The maximum atomic E-state index is 13.2. The zero-order valence-corrected chi connectivity index (χ0v) is 8.89. The molecule has 2 rings (SSSR count). The van der Waals surface area contributed by atoms with Crippen molar-refractivity contribution >= 4 is 13.2 Å². The molecule has 3 N–H and O–H groups in total. The van der Waals surface area contributed by atoms with Crippen molar-refractivity contribution in [2.75, 3.05) is 0 Å². The van der Waals surface area contributed by atoms with Gasteiger partial charge in [0.2, 0.25) is 0 Å². The van der Waals surface area contributed by atoms with Crippen molar-refractivity contribution in [2.24, 2.45) is 0 Å². The maximum Gasteiger partial charge on any atom is 0.707 e. The van der Waals surface area contributed by atoms with E-state index in [1.807, 2.05) is 0 Å². The highest BCUT2D eigenvalue weighted by molar-refractivity contribution is 6.33. The van der Waals surface area contributed by atoms with Crippen LogP contribution in [0, 0.1) is 5.82 Å². The van der Waals surface area contributed by atoms with Crippen LogP contribution in [0.5, 0.6) is 5.75 Å². The van der Waals surface area contributed by atoms with Crippen LogP contribution in [0.1, 0.15) is 23.2 Å². The number of nitrogens with one attached hydrogen (secondary N) is 1. The molecule has 0 unspecified atom stereocenters. The molecule has 90 valence electrons. The minimum absolute atomic E-state index is 0.195. The van der Waals surface area contributed by atoms with Crippen LogP contribution in [0.4, 0.5) is 4.39 Å². The van der Waals surface area contributed by atoms with Crippen molar-refractivity contribution in [2.45, 2.75) is 18.9 Å². The van der Waals surface area contributed by atoms with Crippen molar-refractivity contribution in [3.8, 4) is 5.75 Å². The lowest BCUT2D eigenvalue weighted by Gasteiger charge is -2.08. The van der Waals surface area contributed by atoms with Gasteiger partial charge in [0.1, 0.15) is 5.75 Å². The number of hydrogen-bond acceptors (Lipinski definition) is 4. The van der Waals surface area contributed by atoms with E-state index in [-0.39, 0.29) is 23.3 Å². The summed E-state index contributed by atoms with van der Waals surface area (Å²) >= 11 is 0. The largest absolute Gasteiger partial charge is 0.707 e. The minimum Gasteiger partial charge on any atom is -0.510 e. The number of carbonyl (C=O) groups is 1. The fourth-order valence-corrected chi connectivity index (χ4v) is 1.34. The second-order valence-electron chi connectivity index (χ2n) is 3.84. The van der Waals surface area contributed by atoms with Gasteiger partial charge in [-0.15, -0.1) is 0 Å². The summed E-state index contributed by atoms with van der Waals surface area (Å²) in [6.45, 7) is 0. The Kier molecular flexibility index (Phi) is 3.30. The van der Waals surface area contributed by atoms with Gasteiger partial charge in [0.05, 0.1) is 0 Å². The molecule has 1 amide bonds. The molecule has 1 saturated carbocycles. The van der Waals surface area contributed by atoms with E-state index >= 15 is 0 Å². The van der Waals surface area contributed by atoms with Gasteiger partial charge in [0, 0.05) is 11.6 Å². The fourth-order valence-electron chi connectivity index (χ4n) is 1.34. The molecule has 0 aromatic heterocycles. The number of hydrogen-bond donors (Lipinski definition) is 3. The molecule has 1 aliphatic carbocycles. The van der Waals surface area contributed by atoms with E-state index in [1.165, 1.54) is 6.07 Å². The van der Waals surface area contributed by atoms with E-state index in [4.69, 9.17) is 10.0 Å². The van der Waals surface area contributed by atoms with Gasteiger partial charge in [-0.1, -0.05) is 0 Å². The highest BCUT2D eigenvalue weighted by Crippen LogP contribution is 2.22. The van der Waals surface area contributed by atoms with Crippen LogP contribution in [0.2, 0.25) is 0 Å². The van der Waals surface area contributed by atoms with E-state index in [0.29, 0.717) is 0 Å². The molecule has 0 atom stereocenters. The Morgan fingerprint density at radius 1 is 1.47 bits per heavy atom. The first-order valence-electron chi connectivity index (χ1n) is 5.19. The standard InChI is InChI=1S/C10H11BFNO4/c12-8-4-1-6(5-9(8)17-11(15)16)10(14)13-7-2-3-7/h1,4-5,7,15-16H,2-3H2,(H,13,14). The monoisotopic (exact) mass is 239 g/mol. The summed E-state index contributed by atoms with van der Waals surface area (Å²) in [4.78, 5) is 11.6. The average molecular weight is 239 g/mol. The van der Waals surface area contributed by atoms with Crippen molar-refractivity contribution < 1.29 is 23.9 Å². The quantitative estimate of drug-likeness (QED) is 0.649. The Hall–Kier alpha value is -1.60. The number of benzene rings is 1. The molecule has 7 heteroatoms. The van der Waals surface area contributed by atoms with Gasteiger partial charge in [-0.05, 0) is 31.0 Å². The molecule has 1 aromatic carbocycles. The van der Waals surface area contributed by atoms with Crippen LogP contribution >= 0.6 is 0 Å². The van der Waals surface area contributed by atoms with Gasteiger partial charge in [0.25, 0.3) is 5.91 Å². The van der Waals surface area contributed by atoms with Crippen LogP contribution in [0.3, 0.4) is 0 Å². The molecule has 0 aliphatic heterocycles. The minimum atomic E-state index is -2.12. The van der Waals surface area contributed by atoms with Crippen LogP contribution in [0.15, 0.2) is 18.2 Å². The van der Waals surface area contributed by atoms with Crippen molar-refractivity contribution in [1.29, 1.82) is 0 Å². The third-order valence-corrected chi connectivity index (χ3v) is 2.34. The van der Waals surface area contributed by atoms with Crippen LogP contribution < -0.4 is 9.97 Å². The summed E-state index contributed by atoms with van der Waals surface area (Å²) in [5.74, 6) is -1.46. The maximum absolute atomic E-state index is 13.2. The number of rotatable bonds is 4. The smallest absolute Gasteiger partial charge is 0.510 e. The molecular formula is C10H11BFNO4. The molecule has 0 radical (unpaired) electrons. The third-order valence-electron chi connectivity index (χ3n) is 2.34. The second-order valence-corrected chi connectivity index (χ2v) is 3.84. The first-order valence-corrected chi connectivity index (χ1v) is 5.19. The Morgan fingerprint density at radius 2 is 2.18 bits per heavy atom. The van der Waals surface area contributed by atoms with E-state index in [2.05, 4.69) is 9.97 Å². The number of carbonyl (C=O) groups excluding carboxylic acids is 1. The van der Waals surface area contributed by atoms with E-state index in [0.717, 1.165) is 25.0 Å². The topological polar surface area (TPSA) is 78.8 Å². The normalized spacial score (nSPS) is 14.3. The molecule has 17 heavy (non-hydrogen) atoms. The van der Waals surface area contributed by atoms with E-state index in [1.54, 1.807) is 0 Å². The Balaban J connectivity index is 2.13. The van der Waals surface area contributed by atoms with Crippen LogP contribution in [-0.2, 0) is 0 Å². The fraction of sp³-hybridized carbons (Fsp3) is 0.300. The predicted octanol–water partition coefficient (Wildman–Crippen LogP) is 0.0662. The molecule has 1 aliphatic rings. The lowest BCUT2D eigenvalue weighted by molar-refractivity contribution is 0.0950. The molecule has 0 heterocycles. The van der Waals surface area contributed by atoms with Crippen molar-refractivity contribution in [1.82, 2.24) is 5.32 Å². The highest BCUT2D eigenvalue weighted by atomic mass is 19.1. The van der Waals surface area contributed by atoms with E-state index in [9.17, 15) is 9.18 Å². The van der Waals surface area contributed by atoms with Gasteiger partial charge in [-0.2, -0.15) is 0 Å². The first kappa shape index (κ1) is 11.9. The Bertz CT molecular complexity index is 436. The SMILES string of the molecule is O=C(NC1CC1)c1ccc(F)c(OB(O)O)c1. The zero-order valence-electron chi connectivity index (χ0n) is 8.89. The summed E-state index contributed by atoms with van der Waals surface area (Å²) in [5, 5.41) is 19.9. The lowest BCUT2D eigenvalue weighted by atomic mass is 10.1. The predicted molar refractivity (Wildman–Crippen MR) is 57.7 cm³/mol. The highest BCUT2D eigenvalue weighted by Gasteiger charge is 2.24. The van der Waals surface area contributed by atoms with Crippen LogP contribution in [-0.4, -0.2) is 29.3 Å². The summed E-state index contributed by atoms with van der Waals surface area (Å²) in [5.41, 5.74) is 0.217. The Labute approximate surface area is 97.4 Å².